The zero-order valence-corrected chi connectivity index (χ0v) is 16.3. The summed E-state index contributed by atoms with van der Waals surface area (Å²) in [7, 11) is 0. The van der Waals surface area contributed by atoms with Crippen LogP contribution >= 0.6 is 70.7 Å². The predicted molar refractivity (Wildman–Crippen MR) is 94.4 cm³/mol. The van der Waals surface area contributed by atoms with Crippen molar-refractivity contribution in [1.29, 1.82) is 0 Å². The van der Waals surface area contributed by atoms with Crippen LogP contribution in [0, 0.1) is 0 Å². The van der Waals surface area contributed by atoms with E-state index < -0.39 is 0 Å². The molecule has 1 atom stereocenters. The standard InChI is InChI=1S/C13H11Br3ClNS/c1-2-18-12(11-6-10(16)13(17)19-11)8-4-3-7(14)5-9(8)15/h3-6,12,18H,2H2,1H3. The molecule has 0 amide bonds. The van der Waals surface area contributed by atoms with Gasteiger partial charge in [-0.1, -0.05) is 56.5 Å². The van der Waals surface area contributed by atoms with Crippen molar-refractivity contribution in [3.05, 3.63) is 52.5 Å². The van der Waals surface area contributed by atoms with Crippen LogP contribution in [0.1, 0.15) is 23.4 Å². The first-order valence-corrected chi connectivity index (χ1v) is 9.23. The van der Waals surface area contributed by atoms with E-state index in [1.54, 1.807) is 11.3 Å². The second kappa shape index (κ2) is 7.05. The summed E-state index contributed by atoms with van der Waals surface area (Å²) in [4.78, 5) is 1.20. The van der Waals surface area contributed by atoms with Crippen LogP contribution in [0.15, 0.2) is 37.7 Å². The minimum Gasteiger partial charge on any atom is -0.306 e. The molecule has 0 spiro atoms. The van der Waals surface area contributed by atoms with Gasteiger partial charge in [-0.15, -0.1) is 11.3 Å². The van der Waals surface area contributed by atoms with Crippen molar-refractivity contribution in [3.8, 4) is 0 Å². The van der Waals surface area contributed by atoms with Crippen LogP contribution in [0.4, 0.5) is 0 Å². The quantitative estimate of drug-likeness (QED) is 0.526. The normalized spacial score (nSPS) is 12.7. The van der Waals surface area contributed by atoms with Crippen molar-refractivity contribution in [1.82, 2.24) is 5.32 Å². The van der Waals surface area contributed by atoms with Gasteiger partial charge in [-0.2, -0.15) is 0 Å². The van der Waals surface area contributed by atoms with Gasteiger partial charge in [0.15, 0.2) is 0 Å². The van der Waals surface area contributed by atoms with Gasteiger partial charge >= 0.3 is 0 Å². The molecule has 0 radical (unpaired) electrons. The first-order chi connectivity index (χ1) is 9.02. The molecule has 0 bridgehead atoms. The predicted octanol–water partition coefficient (Wildman–Crippen LogP) is 6.39. The molecular formula is C13H11Br3ClNS. The molecule has 1 aromatic heterocycles. The van der Waals surface area contributed by atoms with E-state index in [4.69, 9.17) is 11.6 Å². The monoisotopic (exact) mass is 485 g/mol. The third-order valence-electron chi connectivity index (χ3n) is 2.63. The molecule has 0 aliphatic rings. The first kappa shape index (κ1) is 16.0. The van der Waals surface area contributed by atoms with Crippen molar-refractivity contribution in [2.75, 3.05) is 6.54 Å². The van der Waals surface area contributed by atoms with Crippen LogP contribution < -0.4 is 5.32 Å². The van der Waals surface area contributed by atoms with Gasteiger partial charge in [0, 0.05) is 18.3 Å². The Morgan fingerprint density at radius 1 is 1.21 bits per heavy atom. The van der Waals surface area contributed by atoms with Gasteiger partial charge in [0.05, 0.1) is 6.04 Å². The molecule has 2 aromatic rings. The molecule has 1 unspecified atom stereocenters. The highest BCUT2D eigenvalue weighted by molar-refractivity contribution is 9.11. The van der Waals surface area contributed by atoms with Crippen LogP contribution in [0.2, 0.25) is 4.34 Å². The maximum Gasteiger partial charge on any atom is 0.107 e. The maximum atomic E-state index is 6.15. The van der Waals surface area contributed by atoms with Gasteiger partial charge in [-0.3, -0.25) is 0 Å². The lowest BCUT2D eigenvalue weighted by Gasteiger charge is -2.18. The SMILES string of the molecule is CCNC(c1cc(Br)c(Cl)s1)c1ccc(Br)cc1Br. The minimum atomic E-state index is 0.140. The van der Waals surface area contributed by atoms with Crippen LogP contribution in [-0.4, -0.2) is 6.54 Å². The van der Waals surface area contributed by atoms with Crippen molar-refractivity contribution < 1.29 is 0 Å². The highest BCUT2D eigenvalue weighted by atomic mass is 79.9. The second-order valence-electron chi connectivity index (χ2n) is 3.93. The summed E-state index contributed by atoms with van der Waals surface area (Å²) >= 11 is 18.3. The molecule has 1 aromatic carbocycles. The average molecular weight is 488 g/mol. The largest absolute Gasteiger partial charge is 0.306 e. The van der Waals surface area contributed by atoms with Gasteiger partial charge in [0.25, 0.3) is 0 Å². The van der Waals surface area contributed by atoms with E-state index in [0.717, 1.165) is 24.3 Å². The summed E-state index contributed by atoms with van der Waals surface area (Å²) in [6.45, 7) is 2.99. The highest BCUT2D eigenvalue weighted by Crippen LogP contribution is 2.39. The summed E-state index contributed by atoms with van der Waals surface area (Å²) in [6, 6.07) is 8.44. The summed E-state index contributed by atoms with van der Waals surface area (Å²) < 4.78 is 3.87. The third-order valence-corrected chi connectivity index (χ3v) is 6.35. The average Bonchev–Trinajstić information content (AvgIpc) is 2.67. The van der Waals surface area contributed by atoms with E-state index in [1.807, 2.05) is 0 Å². The number of hydrogen-bond donors (Lipinski definition) is 1. The van der Waals surface area contributed by atoms with Crippen LogP contribution in [-0.2, 0) is 0 Å². The van der Waals surface area contributed by atoms with Gasteiger partial charge in [0.1, 0.15) is 4.34 Å². The van der Waals surface area contributed by atoms with E-state index in [-0.39, 0.29) is 6.04 Å². The summed E-state index contributed by atoms with van der Waals surface area (Å²) in [5, 5.41) is 3.50. The topological polar surface area (TPSA) is 12.0 Å². The molecule has 0 saturated carbocycles. The van der Waals surface area contributed by atoms with Gasteiger partial charge in [0.2, 0.25) is 0 Å². The number of rotatable bonds is 4. The van der Waals surface area contributed by atoms with Crippen LogP contribution in [0.5, 0.6) is 0 Å². The zero-order valence-electron chi connectivity index (χ0n) is 10.0. The first-order valence-electron chi connectivity index (χ1n) is 5.66. The lowest BCUT2D eigenvalue weighted by Crippen LogP contribution is -2.21. The van der Waals surface area contributed by atoms with Crippen LogP contribution in [0.3, 0.4) is 0 Å². The van der Waals surface area contributed by atoms with E-state index in [9.17, 15) is 0 Å². The van der Waals surface area contributed by atoms with Crippen molar-refractivity contribution >= 4 is 70.7 Å². The molecule has 6 heteroatoms. The number of benzene rings is 1. The number of thiophene rings is 1. The van der Waals surface area contributed by atoms with E-state index in [2.05, 4.69) is 84.3 Å². The molecule has 1 nitrogen and oxygen atoms in total. The molecule has 0 aliphatic carbocycles. The zero-order chi connectivity index (χ0) is 14.0. The molecule has 19 heavy (non-hydrogen) atoms. The molecule has 1 heterocycles. The van der Waals surface area contributed by atoms with Crippen molar-refractivity contribution in [3.63, 3.8) is 0 Å². The Bertz CT molecular complexity index is 566. The fourth-order valence-corrected chi connectivity index (χ4v) is 4.92. The maximum absolute atomic E-state index is 6.15. The van der Waals surface area contributed by atoms with Crippen molar-refractivity contribution in [2.45, 2.75) is 13.0 Å². The fraction of sp³-hybridized carbons (Fsp3) is 0.231. The Balaban J connectivity index is 2.44. The number of nitrogens with one attached hydrogen (secondary N) is 1. The Labute approximate surface area is 147 Å². The van der Waals surface area contributed by atoms with E-state index in [0.29, 0.717) is 0 Å². The molecule has 1 N–H and O–H groups in total. The van der Waals surface area contributed by atoms with Gasteiger partial charge < -0.3 is 5.32 Å². The minimum absolute atomic E-state index is 0.140. The van der Waals surface area contributed by atoms with Gasteiger partial charge in [-0.05, 0) is 46.2 Å². The Hall–Kier alpha value is 0.610. The lowest BCUT2D eigenvalue weighted by atomic mass is 10.1. The number of hydrogen-bond acceptors (Lipinski definition) is 2. The second-order valence-corrected chi connectivity index (χ2v) is 8.24. The molecular weight excluding hydrogens is 477 g/mol. The highest BCUT2D eigenvalue weighted by Gasteiger charge is 2.19. The van der Waals surface area contributed by atoms with Crippen molar-refractivity contribution in [2.24, 2.45) is 0 Å². The molecule has 2 rings (SSSR count). The van der Waals surface area contributed by atoms with Gasteiger partial charge in [-0.25, -0.2) is 0 Å². The summed E-state index contributed by atoms with van der Waals surface area (Å²) in [6.07, 6.45) is 0. The van der Waals surface area contributed by atoms with Crippen LogP contribution in [0.25, 0.3) is 0 Å². The molecule has 0 aliphatic heterocycles. The van der Waals surface area contributed by atoms with E-state index in [1.165, 1.54) is 10.4 Å². The smallest absolute Gasteiger partial charge is 0.107 e. The molecule has 0 fully saturated rings. The fourth-order valence-electron chi connectivity index (χ4n) is 1.81. The van der Waals surface area contributed by atoms with E-state index >= 15 is 0 Å². The Kier molecular flexibility index (Phi) is 5.93. The summed E-state index contributed by atoms with van der Waals surface area (Å²) in [5.41, 5.74) is 1.20. The third kappa shape index (κ3) is 3.83. The Morgan fingerprint density at radius 3 is 2.47 bits per heavy atom. The molecule has 0 saturated heterocycles. The summed E-state index contributed by atoms with van der Waals surface area (Å²) in [5.74, 6) is 0. The Morgan fingerprint density at radius 2 is 1.95 bits per heavy atom. The molecule has 102 valence electrons. The lowest BCUT2D eigenvalue weighted by molar-refractivity contribution is 0.637. The number of halogens is 4.